The molecule has 0 radical (unpaired) electrons. The molecule has 18 heavy (non-hydrogen) atoms. The highest BCUT2D eigenvalue weighted by Crippen LogP contribution is 2.17. The molecule has 0 aliphatic heterocycles. The Hall–Kier alpha value is -2.14. The lowest BCUT2D eigenvalue weighted by Gasteiger charge is -2.05. The molecule has 0 fully saturated rings. The minimum Gasteiger partial charge on any atom is -0.265 e. The average Bonchev–Trinajstić information content (AvgIpc) is 2.87. The lowest BCUT2D eigenvalue weighted by atomic mass is 10.1. The second-order valence-corrected chi connectivity index (χ2v) is 4.12. The van der Waals surface area contributed by atoms with E-state index >= 15 is 0 Å². The summed E-state index contributed by atoms with van der Waals surface area (Å²) in [6, 6.07) is 12.0. The largest absolute Gasteiger partial charge is 0.265 e. The summed E-state index contributed by atoms with van der Waals surface area (Å²) >= 11 is 4.61. The predicted molar refractivity (Wildman–Crippen MR) is 72.5 cm³/mol. The second kappa shape index (κ2) is 4.62. The fraction of sp³-hybridized carbons (Fsp3) is 0.0769. The van der Waals surface area contributed by atoms with E-state index in [4.69, 9.17) is 0 Å². The molecule has 0 spiro atoms. The Labute approximate surface area is 109 Å². The third kappa shape index (κ3) is 2.00. The monoisotopic (exact) mass is 254 g/mol. The Morgan fingerprint density at radius 1 is 1.17 bits per heavy atom. The molecule has 3 rings (SSSR count). The van der Waals surface area contributed by atoms with E-state index in [0.717, 1.165) is 11.1 Å². The van der Waals surface area contributed by atoms with Crippen molar-refractivity contribution in [2.24, 2.45) is 4.36 Å². The maximum atomic E-state index is 4.61. The topological polar surface area (TPSA) is 43.1 Å². The van der Waals surface area contributed by atoms with Crippen LogP contribution in [0.15, 0.2) is 53.2 Å². The molecular formula is C13H10N4S. The van der Waals surface area contributed by atoms with Crippen LogP contribution in [0.1, 0.15) is 5.69 Å². The van der Waals surface area contributed by atoms with Crippen molar-refractivity contribution >= 4 is 29.0 Å². The summed E-state index contributed by atoms with van der Waals surface area (Å²) < 4.78 is 5.42. The summed E-state index contributed by atoms with van der Waals surface area (Å²) in [6.45, 7) is 0.617. The Kier molecular flexibility index (Phi) is 2.82. The van der Waals surface area contributed by atoms with Gasteiger partial charge in [-0.2, -0.15) is 9.46 Å². The molecule has 5 heteroatoms. The van der Waals surface area contributed by atoms with Crippen molar-refractivity contribution in [3.63, 3.8) is 0 Å². The quantitative estimate of drug-likeness (QED) is 0.721. The summed E-state index contributed by atoms with van der Waals surface area (Å²) in [5.74, 6) is 0.560. The highest BCUT2D eigenvalue weighted by atomic mass is 32.1. The number of hydrogen-bond donors (Lipinski definition) is 0. The lowest BCUT2D eigenvalue weighted by molar-refractivity contribution is 0.679. The Morgan fingerprint density at radius 2 is 2.06 bits per heavy atom. The first-order chi connectivity index (χ1) is 8.86. The smallest absolute Gasteiger partial charge is 0.187 e. The fourth-order valence-electron chi connectivity index (χ4n) is 1.95. The van der Waals surface area contributed by atoms with Gasteiger partial charge in [0.15, 0.2) is 5.82 Å². The first-order valence-corrected chi connectivity index (χ1v) is 5.93. The number of benzene rings is 1. The molecule has 0 saturated heterocycles. The number of pyridine rings is 1. The second-order valence-electron chi connectivity index (χ2n) is 3.94. The molecular weight excluding hydrogens is 244 g/mol. The molecule has 0 N–H and O–H groups in total. The third-order valence-corrected chi connectivity index (χ3v) is 2.98. The van der Waals surface area contributed by atoms with Gasteiger partial charge in [0.25, 0.3) is 0 Å². The van der Waals surface area contributed by atoms with Crippen molar-refractivity contribution in [3.05, 3.63) is 54.5 Å². The Bertz CT molecular complexity index is 700. The minimum atomic E-state index is 0.560. The van der Waals surface area contributed by atoms with E-state index in [1.807, 2.05) is 30.6 Å². The van der Waals surface area contributed by atoms with E-state index in [-0.39, 0.29) is 0 Å². The van der Waals surface area contributed by atoms with Crippen LogP contribution in [0.2, 0.25) is 0 Å². The van der Waals surface area contributed by atoms with Crippen LogP contribution in [-0.2, 0) is 19.0 Å². The van der Waals surface area contributed by atoms with E-state index in [1.165, 1.54) is 5.39 Å². The molecule has 1 aromatic carbocycles. The van der Waals surface area contributed by atoms with Gasteiger partial charge in [-0.3, -0.25) is 9.67 Å². The van der Waals surface area contributed by atoms with Crippen LogP contribution in [-0.4, -0.2) is 14.8 Å². The van der Waals surface area contributed by atoms with Crippen LogP contribution in [0.5, 0.6) is 0 Å². The van der Waals surface area contributed by atoms with Crippen LogP contribution in [0.4, 0.5) is 5.82 Å². The summed E-state index contributed by atoms with van der Waals surface area (Å²) in [5.41, 5.74) is 0.993. The molecule has 0 atom stereocenters. The zero-order valence-electron chi connectivity index (χ0n) is 9.52. The van der Waals surface area contributed by atoms with Gasteiger partial charge < -0.3 is 0 Å². The SMILES string of the molecule is S=Nc1ccn(Cc2nccc3ccccc23)n1. The maximum Gasteiger partial charge on any atom is 0.187 e. The van der Waals surface area contributed by atoms with Crippen molar-refractivity contribution in [2.75, 3.05) is 0 Å². The number of rotatable bonds is 3. The lowest BCUT2D eigenvalue weighted by Crippen LogP contribution is -2.02. The van der Waals surface area contributed by atoms with Gasteiger partial charge in [0, 0.05) is 36.3 Å². The van der Waals surface area contributed by atoms with Gasteiger partial charge in [-0.05, 0) is 11.5 Å². The van der Waals surface area contributed by atoms with Crippen molar-refractivity contribution in [2.45, 2.75) is 6.54 Å². The van der Waals surface area contributed by atoms with Gasteiger partial charge in [-0.1, -0.05) is 24.3 Å². The van der Waals surface area contributed by atoms with E-state index in [0.29, 0.717) is 12.4 Å². The van der Waals surface area contributed by atoms with E-state index < -0.39 is 0 Å². The Balaban J connectivity index is 2.01. The van der Waals surface area contributed by atoms with E-state index in [9.17, 15) is 0 Å². The fourth-order valence-corrected chi connectivity index (χ4v) is 2.05. The first kappa shape index (κ1) is 11.0. The van der Waals surface area contributed by atoms with Crippen LogP contribution in [0.3, 0.4) is 0 Å². The summed E-state index contributed by atoms with van der Waals surface area (Å²) in [6.07, 6.45) is 3.67. The molecule has 3 aromatic rings. The van der Waals surface area contributed by atoms with Crippen molar-refractivity contribution in [1.29, 1.82) is 0 Å². The molecule has 4 nitrogen and oxygen atoms in total. The highest BCUT2D eigenvalue weighted by molar-refractivity contribution is 7.47. The molecule has 0 bridgehead atoms. The zero-order valence-corrected chi connectivity index (χ0v) is 10.3. The van der Waals surface area contributed by atoms with Crippen molar-refractivity contribution < 1.29 is 0 Å². The maximum absolute atomic E-state index is 4.61. The van der Waals surface area contributed by atoms with Gasteiger partial charge in [-0.25, -0.2) is 0 Å². The van der Waals surface area contributed by atoms with Crippen LogP contribution < -0.4 is 0 Å². The molecule has 0 aliphatic rings. The average molecular weight is 254 g/mol. The van der Waals surface area contributed by atoms with Crippen molar-refractivity contribution in [1.82, 2.24) is 14.8 Å². The number of fused-ring (bicyclic) bond motifs is 1. The van der Waals surface area contributed by atoms with E-state index in [1.54, 1.807) is 10.7 Å². The predicted octanol–water partition coefficient (Wildman–Crippen LogP) is 2.84. The third-order valence-electron chi connectivity index (χ3n) is 2.79. The summed E-state index contributed by atoms with van der Waals surface area (Å²) in [7, 11) is 0. The van der Waals surface area contributed by atoms with E-state index in [2.05, 4.69) is 39.0 Å². The van der Waals surface area contributed by atoms with Gasteiger partial charge >= 0.3 is 0 Å². The number of nitrogens with zero attached hydrogens (tertiary/aromatic N) is 4. The van der Waals surface area contributed by atoms with Crippen LogP contribution >= 0.6 is 0 Å². The van der Waals surface area contributed by atoms with Gasteiger partial charge in [0.2, 0.25) is 0 Å². The van der Waals surface area contributed by atoms with Crippen LogP contribution in [0, 0.1) is 0 Å². The molecule has 2 heterocycles. The Morgan fingerprint density at radius 3 is 2.89 bits per heavy atom. The van der Waals surface area contributed by atoms with Gasteiger partial charge in [-0.15, -0.1) is 0 Å². The van der Waals surface area contributed by atoms with Gasteiger partial charge in [0.05, 0.1) is 12.2 Å². The first-order valence-electron chi connectivity index (χ1n) is 5.56. The minimum absolute atomic E-state index is 0.560. The highest BCUT2D eigenvalue weighted by Gasteiger charge is 2.04. The molecule has 0 saturated carbocycles. The zero-order chi connectivity index (χ0) is 12.4. The molecule has 0 aliphatic carbocycles. The molecule has 0 amide bonds. The number of aromatic nitrogens is 3. The molecule has 88 valence electrons. The van der Waals surface area contributed by atoms with Crippen molar-refractivity contribution in [3.8, 4) is 0 Å². The van der Waals surface area contributed by atoms with Gasteiger partial charge in [0.1, 0.15) is 0 Å². The van der Waals surface area contributed by atoms with Crippen LogP contribution in [0.25, 0.3) is 10.8 Å². The number of hydrogen-bond acceptors (Lipinski definition) is 4. The summed E-state index contributed by atoms with van der Waals surface area (Å²) in [5, 5.41) is 6.57. The summed E-state index contributed by atoms with van der Waals surface area (Å²) in [4.78, 5) is 4.42. The normalized spacial score (nSPS) is 10.7. The molecule has 0 unspecified atom stereocenters. The molecule has 2 aromatic heterocycles. The standard InChI is InChI=1S/C13H10N4S/c18-16-13-6-8-17(15-13)9-12-11-4-2-1-3-10(11)5-7-14-12/h1-8H,9H2.